The lowest BCUT2D eigenvalue weighted by atomic mass is 10.1. The Balaban J connectivity index is 1.97. The summed E-state index contributed by atoms with van der Waals surface area (Å²) in [7, 11) is 1.65. The van der Waals surface area contributed by atoms with E-state index in [1.807, 2.05) is 32.0 Å². The first-order valence-corrected chi connectivity index (χ1v) is 10.6. The van der Waals surface area contributed by atoms with E-state index in [0.717, 1.165) is 27.2 Å². The monoisotopic (exact) mass is 412 g/mol. The van der Waals surface area contributed by atoms with Gasteiger partial charge >= 0.3 is 0 Å². The van der Waals surface area contributed by atoms with Gasteiger partial charge in [-0.15, -0.1) is 0 Å². The highest BCUT2D eigenvalue weighted by atomic mass is 32.1. The van der Waals surface area contributed by atoms with Gasteiger partial charge in [0.2, 0.25) is 0 Å². The summed E-state index contributed by atoms with van der Waals surface area (Å²) in [5, 5.41) is 0. The van der Waals surface area contributed by atoms with Crippen LogP contribution in [0.4, 0.5) is 0 Å². The Kier molecular flexibility index (Phi) is 6.87. The second kappa shape index (κ2) is 9.37. The van der Waals surface area contributed by atoms with Crippen LogP contribution in [0.5, 0.6) is 5.75 Å². The number of hydrogen-bond donors (Lipinski definition) is 0. The predicted octanol–water partition coefficient (Wildman–Crippen LogP) is 4.34. The fraction of sp³-hybridized carbons (Fsp3) is 0.391. The number of methoxy groups -OCH3 is 1. The molecular weight excluding hydrogens is 384 g/mol. The zero-order valence-corrected chi connectivity index (χ0v) is 18.6. The molecule has 3 rings (SSSR count). The zero-order chi connectivity index (χ0) is 21.0. The average Bonchev–Trinajstić information content (AvgIpc) is 3.00. The number of benzene rings is 2. The Bertz CT molecular complexity index is 1100. The van der Waals surface area contributed by atoms with Crippen molar-refractivity contribution in [3.05, 3.63) is 57.4 Å². The third-order valence-electron chi connectivity index (χ3n) is 4.81. The number of carbonyl (C=O) groups is 1. The number of nitrogens with zero attached hydrogens (tertiary/aromatic N) is 2. The van der Waals surface area contributed by atoms with Crippen LogP contribution in [0, 0.1) is 20.8 Å². The number of thiazole rings is 1. The van der Waals surface area contributed by atoms with Crippen molar-refractivity contribution in [2.24, 2.45) is 4.99 Å². The first kappa shape index (κ1) is 21.3. The van der Waals surface area contributed by atoms with Gasteiger partial charge in [-0.3, -0.25) is 4.79 Å². The van der Waals surface area contributed by atoms with Gasteiger partial charge in [-0.1, -0.05) is 29.5 Å². The van der Waals surface area contributed by atoms with E-state index in [1.165, 1.54) is 15.8 Å². The van der Waals surface area contributed by atoms with E-state index in [0.29, 0.717) is 19.8 Å². The topological polar surface area (TPSA) is 52.8 Å². The zero-order valence-electron chi connectivity index (χ0n) is 17.7. The third kappa shape index (κ3) is 4.95. The number of ether oxygens (including phenoxy) is 2. The standard InChI is InChI=1S/C23H28N2O3S/c1-6-28-10-9-25-19-12-15(2)11-17(4)22(19)29-23(25)24-21(26)14-18-7-8-20(27-5)16(3)13-18/h7-8,11-13H,6,9-10,14H2,1-5H3. The number of hydrogen-bond acceptors (Lipinski definition) is 4. The molecule has 0 fully saturated rings. The van der Waals surface area contributed by atoms with E-state index >= 15 is 0 Å². The summed E-state index contributed by atoms with van der Waals surface area (Å²) in [6.45, 7) is 10.1. The minimum absolute atomic E-state index is 0.152. The van der Waals surface area contributed by atoms with E-state index in [-0.39, 0.29) is 12.3 Å². The number of carbonyl (C=O) groups excluding carboxylic acids is 1. The molecule has 2 aromatic carbocycles. The van der Waals surface area contributed by atoms with Crippen molar-refractivity contribution >= 4 is 27.5 Å². The van der Waals surface area contributed by atoms with E-state index in [9.17, 15) is 4.79 Å². The van der Waals surface area contributed by atoms with Gasteiger partial charge in [-0.05, 0) is 62.1 Å². The van der Waals surface area contributed by atoms with Crippen LogP contribution in [-0.4, -0.2) is 30.8 Å². The summed E-state index contributed by atoms with van der Waals surface area (Å²) in [5.74, 6) is 0.669. The van der Waals surface area contributed by atoms with Crippen LogP contribution in [0.15, 0.2) is 35.3 Å². The molecule has 1 aromatic heterocycles. The van der Waals surface area contributed by atoms with E-state index in [2.05, 4.69) is 35.5 Å². The maximum absolute atomic E-state index is 12.7. The van der Waals surface area contributed by atoms with Crippen LogP contribution < -0.4 is 9.54 Å². The summed E-state index contributed by atoms with van der Waals surface area (Å²) < 4.78 is 14.1. The molecule has 0 atom stereocenters. The van der Waals surface area contributed by atoms with Gasteiger partial charge in [0, 0.05) is 13.2 Å². The number of aryl methyl sites for hydroxylation is 3. The van der Waals surface area contributed by atoms with Gasteiger partial charge in [-0.2, -0.15) is 4.99 Å². The molecule has 1 amide bonds. The first-order chi connectivity index (χ1) is 13.9. The average molecular weight is 413 g/mol. The molecule has 5 nitrogen and oxygen atoms in total. The van der Waals surface area contributed by atoms with Crippen LogP contribution in [-0.2, 0) is 22.5 Å². The van der Waals surface area contributed by atoms with E-state index in [4.69, 9.17) is 9.47 Å². The molecule has 0 aliphatic heterocycles. The maximum Gasteiger partial charge on any atom is 0.252 e. The summed E-state index contributed by atoms with van der Waals surface area (Å²) in [4.78, 5) is 17.9. The molecule has 0 saturated carbocycles. The number of amides is 1. The van der Waals surface area contributed by atoms with E-state index in [1.54, 1.807) is 18.4 Å². The fourth-order valence-electron chi connectivity index (χ4n) is 3.49. The molecule has 0 aliphatic rings. The summed E-state index contributed by atoms with van der Waals surface area (Å²) in [6.07, 6.45) is 0.266. The van der Waals surface area contributed by atoms with Gasteiger partial charge in [-0.25, -0.2) is 0 Å². The van der Waals surface area contributed by atoms with E-state index < -0.39 is 0 Å². The van der Waals surface area contributed by atoms with Gasteiger partial charge in [0.15, 0.2) is 4.80 Å². The second-order valence-corrected chi connectivity index (χ2v) is 8.13. The normalized spacial score (nSPS) is 12.0. The fourth-order valence-corrected chi connectivity index (χ4v) is 4.61. The third-order valence-corrected chi connectivity index (χ3v) is 6.04. The molecule has 3 aromatic rings. The van der Waals surface area contributed by atoms with Crippen LogP contribution in [0.2, 0.25) is 0 Å². The van der Waals surface area contributed by atoms with Crippen molar-refractivity contribution in [3.8, 4) is 5.75 Å². The molecule has 0 bridgehead atoms. The SMILES string of the molecule is CCOCCn1c(=NC(=O)Cc2ccc(OC)c(C)c2)sc2c(C)cc(C)cc21. The van der Waals surface area contributed by atoms with Crippen LogP contribution in [0.1, 0.15) is 29.2 Å². The minimum Gasteiger partial charge on any atom is -0.496 e. The molecule has 1 heterocycles. The maximum atomic E-state index is 12.7. The minimum atomic E-state index is -0.152. The molecule has 6 heteroatoms. The van der Waals surface area contributed by atoms with Crippen LogP contribution >= 0.6 is 11.3 Å². The van der Waals surface area contributed by atoms with Gasteiger partial charge < -0.3 is 14.0 Å². The Morgan fingerprint density at radius 3 is 2.62 bits per heavy atom. The van der Waals surface area contributed by atoms with Crippen molar-refractivity contribution in [2.45, 2.75) is 40.7 Å². The first-order valence-electron chi connectivity index (χ1n) is 9.82. The Morgan fingerprint density at radius 2 is 1.93 bits per heavy atom. The Labute approximate surface area is 175 Å². The lowest BCUT2D eigenvalue weighted by molar-refractivity contribution is -0.117. The van der Waals surface area contributed by atoms with Crippen molar-refractivity contribution in [2.75, 3.05) is 20.3 Å². The Hall–Kier alpha value is -2.44. The highest BCUT2D eigenvalue weighted by molar-refractivity contribution is 7.16. The molecule has 0 N–H and O–H groups in total. The molecule has 0 aliphatic carbocycles. The molecule has 0 unspecified atom stereocenters. The lowest BCUT2D eigenvalue weighted by Crippen LogP contribution is -2.20. The van der Waals surface area contributed by atoms with Crippen molar-refractivity contribution < 1.29 is 14.3 Å². The van der Waals surface area contributed by atoms with Crippen molar-refractivity contribution in [1.29, 1.82) is 0 Å². The molecule has 0 spiro atoms. The summed E-state index contributed by atoms with van der Waals surface area (Å²) >= 11 is 1.57. The van der Waals surface area contributed by atoms with Gasteiger partial charge in [0.25, 0.3) is 5.91 Å². The quantitative estimate of drug-likeness (QED) is 0.542. The van der Waals surface area contributed by atoms with Crippen LogP contribution in [0.25, 0.3) is 10.2 Å². The highest BCUT2D eigenvalue weighted by Crippen LogP contribution is 2.24. The van der Waals surface area contributed by atoms with Crippen molar-refractivity contribution in [3.63, 3.8) is 0 Å². The number of aromatic nitrogens is 1. The van der Waals surface area contributed by atoms with Gasteiger partial charge in [0.1, 0.15) is 5.75 Å². The van der Waals surface area contributed by atoms with Crippen LogP contribution in [0.3, 0.4) is 0 Å². The molecule has 154 valence electrons. The molecule has 29 heavy (non-hydrogen) atoms. The number of rotatable bonds is 7. The summed E-state index contributed by atoms with van der Waals surface area (Å²) in [5.41, 5.74) is 5.46. The largest absolute Gasteiger partial charge is 0.496 e. The molecule has 0 saturated heterocycles. The van der Waals surface area contributed by atoms with Crippen molar-refractivity contribution in [1.82, 2.24) is 4.57 Å². The smallest absolute Gasteiger partial charge is 0.252 e. The molecular formula is C23H28N2O3S. The Morgan fingerprint density at radius 1 is 1.14 bits per heavy atom. The highest BCUT2D eigenvalue weighted by Gasteiger charge is 2.11. The lowest BCUT2D eigenvalue weighted by Gasteiger charge is -2.07. The summed E-state index contributed by atoms with van der Waals surface area (Å²) in [6, 6.07) is 10.1. The second-order valence-electron chi connectivity index (χ2n) is 7.15. The number of fused-ring (bicyclic) bond motifs is 1. The molecule has 0 radical (unpaired) electrons. The van der Waals surface area contributed by atoms with Gasteiger partial charge in [0.05, 0.1) is 30.4 Å². The predicted molar refractivity (Wildman–Crippen MR) is 118 cm³/mol.